The van der Waals surface area contributed by atoms with Crippen LogP contribution >= 0.6 is 0 Å². The Kier molecular flexibility index (Phi) is 5.54. The fourth-order valence-electron chi connectivity index (χ4n) is 3.01. The van der Waals surface area contributed by atoms with Crippen LogP contribution < -0.4 is 10.6 Å². The van der Waals surface area contributed by atoms with Gasteiger partial charge in [-0.3, -0.25) is 14.8 Å². The lowest BCUT2D eigenvalue weighted by molar-refractivity contribution is 0.0950. The van der Waals surface area contributed by atoms with E-state index >= 15 is 0 Å². The summed E-state index contributed by atoms with van der Waals surface area (Å²) >= 11 is 0. The third-order valence-electron chi connectivity index (χ3n) is 4.40. The Hall–Kier alpha value is -2.27. The molecule has 24 heavy (non-hydrogen) atoms. The lowest BCUT2D eigenvalue weighted by Gasteiger charge is -2.22. The van der Waals surface area contributed by atoms with E-state index in [9.17, 15) is 4.79 Å². The Labute approximate surface area is 142 Å². The van der Waals surface area contributed by atoms with Crippen LogP contribution in [0.25, 0.3) is 0 Å². The second-order valence-electron chi connectivity index (χ2n) is 6.45. The molecule has 0 spiro atoms. The quantitative estimate of drug-likeness (QED) is 0.885. The van der Waals surface area contributed by atoms with Gasteiger partial charge < -0.3 is 10.6 Å². The number of hydrogen-bond donors (Lipinski definition) is 2. The predicted molar refractivity (Wildman–Crippen MR) is 93.7 cm³/mol. The molecule has 5 nitrogen and oxygen atoms in total. The average Bonchev–Trinajstić information content (AvgIpc) is 2.62. The van der Waals surface area contributed by atoms with Gasteiger partial charge in [0.25, 0.3) is 5.91 Å². The lowest BCUT2D eigenvalue weighted by atomic mass is 9.92. The van der Waals surface area contributed by atoms with Crippen LogP contribution in [-0.4, -0.2) is 29.0 Å². The highest BCUT2D eigenvalue weighted by molar-refractivity contribution is 5.94. The van der Waals surface area contributed by atoms with E-state index in [-0.39, 0.29) is 5.91 Å². The first-order valence-corrected chi connectivity index (χ1v) is 8.56. The molecule has 2 N–H and O–H groups in total. The molecule has 2 aromatic rings. The number of hydrogen-bond acceptors (Lipinski definition) is 4. The molecule has 0 saturated carbocycles. The fourth-order valence-corrected chi connectivity index (χ4v) is 3.01. The molecule has 1 aliphatic heterocycles. The first kappa shape index (κ1) is 16.6. The molecule has 0 unspecified atom stereocenters. The number of amides is 1. The van der Waals surface area contributed by atoms with Crippen LogP contribution in [0.4, 0.5) is 0 Å². The zero-order valence-electron chi connectivity index (χ0n) is 14.1. The van der Waals surface area contributed by atoms with Gasteiger partial charge in [0, 0.05) is 11.8 Å². The van der Waals surface area contributed by atoms with Gasteiger partial charge in [-0.1, -0.05) is 12.1 Å². The van der Waals surface area contributed by atoms with Gasteiger partial charge >= 0.3 is 0 Å². The number of nitrogens with one attached hydrogen (secondary N) is 2. The van der Waals surface area contributed by atoms with Crippen LogP contribution in [0, 0.1) is 12.8 Å². The Balaban J connectivity index is 1.52. The van der Waals surface area contributed by atoms with E-state index < -0.39 is 0 Å². The van der Waals surface area contributed by atoms with Crippen LogP contribution in [0.15, 0.2) is 36.7 Å². The van der Waals surface area contributed by atoms with Crippen LogP contribution in [0.1, 0.15) is 40.2 Å². The second-order valence-corrected chi connectivity index (χ2v) is 6.45. The zero-order chi connectivity index (χ0) is 16.8. The van der Waals surface area contributed by atoms with Crippen molar-refractivity contribution in [2.24, 2.45) is 5.92 Å². The van der Waals surface area contributed by atoms with E-state index in [1.165, 1.54) is 18.4 Å². The molecule has 2 heterocycles. The minimum absolute atomic E-state index is 0.0803. The zero-order valence-corrected chi connectivity index (χ0v) is 14.1. The smallest absolute Gasteiger partial charge is 0.251 e. The summed E-state index contributed by atoms with van der Waals surface area (Å²) in [5.41, 5.74) is 3.61. The van der Waals surface area contributed by atoms with Gasteiger partial charge in [-0.05, 0) is 62.9 Å². The first-order chi connectivity index (χ1) is 11.7. The van der Waals surface area contributed by atoms with Crippen molar-refractivity contribution in [2.75, 3.05) is 13.1 Å². The molecule has 1 aliphatic rings. The molecule has 1 atom stereocenters. The summed E-state index contributed by atoms with van der Waals surface area (Å²) in [6.45, 7) is 4.52. The van der Waals surface area contributed by atoms with Gasteiger partial charge in [0.05, 0.1) is 24.1 Å². The van der Waals surface area contributed by atoms with Crippen molar-refractivity contribution in [1.82, 2.24) is 20.6 Å². The molecule has 1 aromatic carbocycles. The third-order valence-corrected chi connectivity index (χ3v) is 4.40. The predicted octanol–water partition coefficient (Wildman–Crippen LogP) is 2.26. The molecule has 0 aliphatic carbocycles. The number of aryl methyl sites for hydroxylation is 1. The topological polar surface area (TPSA) is 66.9 Å². The molecule has 3 rings (SSSR count). The molecular formula is C19H24N4O. The average molecular weight is 324 g/mol. The Morgan fingerprint density at radius 2 is 2.08 bits per heavy atom. The molecule has 0 radical (unpaired) electrons. The number of piperidine rings is 1. The number of aromatic nitrogens is 2. The molecule has 1 aromatic heterocycles. The van der Waals surface area contributed by atoms with E-state index in [0.717, 1.165) is 30.9 Å². The van der Waals surface area contributed by atoms with Crippen molar-refractivity contribution in [1.29, 1.82) is 0 Å². The summed E-state index contributed by atoms with van der Waals surface area (Å²) in [7, 11) is 0. The van der Waals surface area contributed by atoms with Gasteiger partial charge in [-0.2, -0.15) is 0 Å². The van der Waals surface area contributed by atoms with Crippen molar-refractivity contribution in [3.05, 3.63) is 59.2 Å². The summed E-state index contributed by atoms with van der Waals surface area (Å²) in [4.78, 5) is 20.6. The summed E-state index contributed by atoms with van der Waals surface area (Å²) in [6.07, 6.45) is 7.01. The Morgan fingerprint density at radius 3 is 2.75 bits per heavy atom. The maximum Gasteiger partial charge on any atom is 0.251 e. The third kappa shape index (κ3) is 4.61. The number of carbonyl (C=O) groups excluding carboxylic acids is 1. The van der Waals surface area contributed by atoms with Gasteiger partial charge in [0.1, 0.15) is 0 Å². The number of nitrogens with zero attached hydrogens (tertiary/aromatic N) is 2. The molecular weight excluding hydrogens is 300 g/mol. The Morgan fingerprint density at radius 1 is 1.25 bits per heavy atom. The summed E-state index contributed by atoms with van der Waals surface area (Å²) in [5.74, 6) is 0.627. The normalized spacial score (nSPS) is 17.5. The minimum atomic E-state index is -0.0803. The van der Waals surface area contributed by atoms with Gasteiger partial charge in [-0.15, -0.1) is 0 Å². The highest BCUT2D eigenvalue weighted by Crippen LogP contribution is 2.17. The minimum Gasteiger partial charge on any atom is -0.346 e. The largest absolute Gasteiger partial charge is 0.346 e. The second kappa shape index (κ2) is 8.02. The monoisotopic (exact) mass is 324 g/mol. The van der Waals surface area contributed by atoms with Gasteiger partial charge in [-0.25, -0.2) is 0 Å². The molecule has 1 amide bonds. The Bertz CT molecular complexity index is 661. The van der Waals surface area contributed by atoms with Crippen LogP contribution in [0.2, 0.25) is 0 Å². The van der Waals surface area contributed by atoms with Crippen molar-refractivity contribution < 1.29 is 4.79 Å². The number of benzene rings is 1. The first-order valence-electron chi connectivity index (χ1n) is 8.56. The van der Waals surface area contributed by atoms with Crippen molar-refractivity contribution >= 4 is 5.91 Å². The van der Waals surface area contributed by atoms with Crippen LogP contribution in [0.5, 0.6) is 0 Å². The molecule has 1 fully saturated rings. The standard InChI is InChI=1S/C19H24N4O/c1-14-10-22-18(12-21-14)13-23-19(24)17-6-4-15(5-7-17)9-16-3-2-8-20-11-16/h4-7,10,12,16,20H,2-3,8-9,11,13H2,1H3,(H,23,24)/t16-/m1/s1. The van der Waals surface area contributed by atoms with Crippen LogP contribution in [0.3, 0.4) is 0 Å². The van der Waals surface area contributed by atoms with Crippen molar-refractivity contribution in [3.8, 4) is 0 Å². The maximum absolute atomic E-state index is 12.2. The number of carbonyl (C=O) groups is 1. The molecule has 1 saturated heterocycles. The summed E-state index contributed by atoms with van der Waals surface area (Å²) in [6, 6.07) is 7.94. The molecule has 126 valence electrons. The van der Waals surface area contributed by atoms with E-state index in [0.29, 0.717) is 18.0 Å². The van der Waals surface area contributed by atoms with Gasteiger partial charge in [0.15, 0.2) is 0 Å². The van der Waals surface area contributed by atoms with Gasteiger partial charge in [0.2, 0.25) is 0 Å². The summed E-state index contributed by atoms with van der Waals surface area (Å²) in [5, 5.41) is 6.33. The van der Waals surface area contributed by atoms with Crippen molar-refractivity contribution in [2.45, 2.75) is 32.7 Å². The maximum atomic E-state index is 12.2. The van der Waals surface area contributed by atoms with E-state index in [1.807, 2.05) is 19.1 Å². The SMILES string of the molecule is Cc1cnc(CNC(=O)c2ccc(C[C@H]3CCCNC3)cc2)cn1. The molecule has 0 bridgehead atoms. The van der Waals surface area contributed by atoms with Crippen molar-refractivity contribution in [3.63, 3.8) is 0 Å². The van der Waals surface area contributed by atoms with Crippen LogP contribution in [-0.2, 0) is 13.0 Å². The summed E-state index contributed by atoms with van der Waals surface area (Å²) < 4.78 is 0. The highest BCUT2D eigenvalue weighted by Gasteiger charge is 2.13. The highest BCUT2D eigenvalue weighted by atomic mass is 16.1. The lowest BCUT2D eigenvalue weighted by Crippen LogP contribution is -2.30. The van der Waals surface area contributed by atoms with E-state index in [2.05, 4.69) is 32.7 Å². The van der Waals surface area contributed by atoms with E-state index in [4.69, 9.17) is 0 Å². The van der Waals surface area contributed by atoms with E-state index in [1.54, 1.807) is 12.4 Å². The fraction of sp³-hybridized carbons (Fsp3) is 0.421. The number of rotatable bonds is 5. The molecule has 5 heteroatoms.